The number of ether oxygens (including phenoxy) is 2. The monoisotopic (exact) mass is 444 g/mol. The van der Waals surface area contributed by atoms with Crippen molar-refractivity contribution in [3.8, 4) is 0 Å². The van der Waals surface area contributed by atoms with Crippen LogP contribution in [0.1, 0.15) is 92.4 Å². The van der Waals surface area contributed by atoms with Gasteiger partial charge < -0.3 is 14.6 Å². The minimum Gasteiger partial charge on any atom is -0.389 e. The molecule has 0 radical (unpaired) electrons. The van der Waals surface area contributed by atoms with Gasteiger partial charge in [-0.05, 0) is 97.2 Å². The summed E-state index contributed by atoms with van der Waals surface area (Å²) in [7, 11) is 0. The topological polar surface area (TPSA) is 38.7 Å². The minimum atomic E-state index is -0.309. The number of hydrogen-bond donors (Lipinski definition) is 1. The van der Waals surface area contributed by atoms with Crippen LogP contribution < -0.4 is 0 Å². The summed E-state index contributed by atoms with van der Waals surface area (Å²) in [6.45, 7) is 13.5. The molecule has 182 valence electrons. The van der Waals surface area contributed by atoms with Gasteiger partial charge in [0.25, 0.3) is 0 Å². The maximum atomic E-state index is 10.3. The highest BCUT2D eigenvalue weighted by molar-refractivity contribution is 5.12. The number of aliphatic hydroxyl groups excluding tert-OH is 1. The van der Waals surface area contributed by atoms with Gasteiger partial charge in [-0.25, -0.2) is 0 Å². The van der Waals surface area contributed by atoms with Gasteiger partial charge in [-0.1, -0.05) is 46.8 Å². The smallest absolute Gasteiger partial charge is 0.168 e. The average molecular weight is 445 g/mol. The highest BCUT2D eigenvalue weighted by Crippen LogP contribution is 2.69. The van der Waals surface area contributed by atoms with Crippen LogP contribution >= 0.6 is 0 Å². The Morgan fingerprint density at radius 1 is 0.812 bits per heavy atom. The Bertz CT molecular complexity index is 709. The summed E-state index contributed by atoms with van der Waals surface area (Å²) in [5, 5.41) is 10.3. The quantitative estimate of drug-likeness (QED) is 0.497. The van der Waals surface area contributed by atoms with Crippen molar-refractivity contribution in [1.82, 2.24) is 0 Å². The van der Waals surface area contributed by atoms with Crippen LogP contribution in [0.3, 0.4) is 0 Å². The van der Waals surface area contributed by atoms with E-state index in [1.807, 2.05) is 0 Å². The molecule has 0 aromatic heterocycles. The van der Waals surface area contributed by atoms with Crippen LogP contribution in [-0.4, -0.2) is 30.2 Å². The van der Waals surface area contributed by atoms with Crippen LogP contribution in [-0.2, 0) is 9.47 Å². The summed E-state index contributed by atoms with van der Waals surface area (Å²) in [5.41, 5.74) is 0.959. The largest absolute Gasteiger partial charge is 0.389 e. The van der Waals surface area contributed by atoms with E-state index in [1.165, 1.54) is 44.9 Å². The van der Waals surface area contributed by atoms with Crippen LogP contribution in [0.2, 0.25) is 0 Å². The molecule has 4 saturated carbocycles. The van der Waals surface area contributed by atoms with E-state index in [0.29, 0.717) is 22.7 Å². The van der Waals surface area contributed by atoms with Crippen LogP contribution in [0, 0.1) is 52.3 Å². The van der Waals surface area contributed by atoms with Gasteiger partial charge in [0.05, 0.1) is 19.3 Å². The highest BCUT2D eigenvalue weighted by atomic mass is 16.7. The van der Waals surface area contributed by atoms with E-state index in [2.05, 4.69) is 46.8 Å². The zero-order chi connectivity index (χ0) is 22.7. The van der Waals surface area contributed by atoms with E-state index >= 15 is 0 Å². The Kier molecular flexibility index (Phi) is 6.12. The molecule has 0 unspecified atom stereocenters. The minimum absolute atomic E-state index is 0.235. The number of hydrogen-bond acceptors (Lipinski definition) is 3. The summed E-state index contributed by atoms with van der Waals surface area (Å²) >= 11 is 0. The molecule has 1 aliphatic heterocycles. The molecule has 5 aliphatic rings. The van der Waals surface area contributed by atoms with Crippen LogP contribution in [0.4, 0.5) is 0 Å². The van der Waals surface area contributed by atoms with E-state index in [9.17, 15) is 5.11 Å². The second-order valence-electron chi connectivity index (χ2n) is 13.2. The maximum absolute atomic E-state index is 10.3. The lowest BCUT2D eigenvalue weighted by atomic mass is 9.44. The van der Waals surface area contributed by atoms with E-state index in [4.69, 9.17) is 9.47 Å². The number of fused-ring (bicyclic) bond motifs is 5. The van der Waals surface area contributed by atoms with Crippen molar-refractivity contribution in [2.45, 2.75) is 104 Å². The molecule has 9 atom stereocenters. The predicted molar refractivity (Wildman–Crippen MR) is 129 cm³/mol. The van der Waals surface area contributed by atoms with Gasteiger partial charge in [-0.15, -0.1) is 0 Å². The van der Waals surface area contributed by atoms with Gasteiger partial charge in [0.15, 0.2) is 5.79 Å². The van der Waals surface area contributed by atoms with Crippen molar-refractivity contribution < 1.29 is 14.6 Å². The third kappa shape index (κ3) is 3.64. The van der Waals surface area contributed by atoms with Gasteiger partial charge in [0, 0.05) is 12.8 Å². The fraction of sp³-hybridized carbons (Fsp3) is 0.931. The molecule has 32 heavy (non-hydrogen) atoms. The molecule has 0 aromatic carbocycles. The van der Waals surface area contributed by atoms with Gasteiger partial charge >= 0.3 is 0 Å². The molecule has 1 saturated heterocycles. The zero-order valence-corrected chi connectivity index (χ0v) is 21.3. The van der Waals surface area contributed by atoms with Crippen LogP contribution in [0.15, 0.2) is 12.2 Å². The van der Waals surface area contributed by atoms with Crippen molar-refractivity contribution in [1.29, 1.82) is 0 Å². The molecule has 5 fully saturated rings. The Morgan fingerprint density at radius 2 is 1.53 bits per heavy atom. The molecule has 1 N–H and O–H groups in total. The molecule has 3 nitrogen and oxygen atoms in total. The van der Waals surface area contributed by atoms with Crippen molar-refractivity contribution in [2.75, 3.05) is 13.2 Å². The highest BCUT2D eigenvalue weighted by Gasteiger charge is 2.62. The lowest BCUT2D eigenvalue weighted by molar-refractivity contribution is -0.229. The molecule has 0 amide bonds. The van der Waals surface area contributed by atoms with Gasteiger partial charge in [0.1, 0.15) is 0 Å². The molecule has 1 spiro atoms. The maximum Gasteiger partial charge on any atom is 0.168 e. The normalized spacial score (nSPS) is 47.4. The number of allylic oxidation sites excluding steroid dienone is 1. The fourth-order valence-electron chi connectivity index (χ4n) is 9.51. The van der Waals surface area contributed by atoms with Crippen molar-refractivity contribution >= 4 is 0 Å². The molecule has 5 rings (SSSR count). The number of rotatable bonds is 4. The predicted octanol–water partition coefficient (Wildman–Crippen LogP) is 6.60. The lowest BCUT2D eigenvalue weighted by Crippen LogP contribution is -2.56. The van der Waals surface area contributed by atoms with Gasteiger partial charge in [0.2, 0.25) is 0 Å². The Morgan fingerprint density at radius 3 is 2.25 bits per heavy atom. The first-order chi connectivity index (χ1) is 15.2. The second kappa shape index (κ2) is 8.38. The van der Waals surface area contributed by atoms with E-state index < -0.39 is 0 Å². The third-order valence-electron chi connectivity index (χ3n) is 11.5. The first-order valence-electron chi connectivity index (χ1n) is 13.8. The van der Waals surface area contributed by atoms with Crippen molar-refractivity contribution in [3.05, 3.63) is 12.2 Å². The van der Waals surface area contributed by atoms with E-state index in [-0.39, 0.29) is 11.9 Å². The molecule has 0 aromatic rings. The molecule has 0 bridgehead atoms. The Labute approximate surface area is 196 Å². The van der Waals surface area contributed by atoms with E-state index in [1.54, 1.807) is 0 Å². The van der Waals surface area contributed by atoms with Gasteiger partial charge in [-0.3, -0.25) is 0 Å². The SMILES string of the molecule is CC(C)[C@@H](O)/C=C/[C@@H](C)[C@H]1CC[C@H]2[C@@H]3CC[C@H]4CC5(CC[C@]4(C)[C@H]3CC[C@]12C)OCCO5. The average Bonchev–Trinajstić information content (AvgIpc) is 3.36. The summed E-state index contributed by atoms with van der Waals surface area (Å²) in [5.74, 6) is 4.87. The Hall–Kier alpha value is -0.380. The Balaban J connectivity index is 1.31. The molecule has 4 aliphatic carbocycles. The molecular weight excluding hydrogens is 396 g/mol. The third-order valence-corrected chi connectivity index (χ3v) is 11.5. The summed E-state index contributed by atoms with van der Waals surface area (Å²) in [4.78, 5) is 0. The number of aliphatic hydroxyl groups is 1. The van der Waals surface area contributed by atoms with E-state index in [0.717, 1.165) is 55.6 Å². The first-order valence-corrected chi connectivity index (χ1v) is 13.8. The summed E-state index contributed by atoms with van der Waals surface area (Å²) < 4.78 is 12.3. The van der Waals surface area contributed by atoms with Crippen molar-refractivity contribution in [3.63, 3.8) is 0 Å². The lowest BCUT2D eigenvalue weighted by Gasteiger charge is -2.62. The zero-order valence-electron chi connectivity index (χ0n) is 21.3. The molecule has 3 heteroatoms. The first kappa shape index (κ1) is 23.4. The van der Waals surface area contributed by atoms with Crippen molar-refractivity contribution in [2.24, 2.45) is 52.3 Å². The van der Waals surface area contributed by atoms with Crippen LogP contribution in [0.5, 0.6) is 0 Å². The fourth-order valence-corrected chi connectivity index (χ4v) is 9.51. The summed E-state index contributed by atoms with van der Waals surface area (Å²) in [6.07, 6.45) is 16.0. The second-order valence-corrected chi connectivity index (χ2v) is 13.2. The standard InChI is InChI=1S/C29H48O3/c1-19(2)26(30)11-6-20(3)23-9-10-24-22-8-7-21-18-29(31-16-17-32-29)15-14-27(21,4)25(22)12-13-28(23,24)5/h6,11,19-26,30H,7-10,12-18H2,1-5H3/b11-6+/t20-,21+,22+,23-,24+,25+,26+,27+,28-/m1/s1. The molecule has 1 heterocycles. The molecular formula is C29H48O3. The van der Waals surface area contributed by atoms with Gasteiger partial charge in [-0.2, -0.15) is 0 Å². The summed E-state index contributed by atoms with van der Waals surface area (Å²) in [6, 6.07) is 0. The van der Waals surface area contributed by atoms with Crippen LogP contribution in [0.25, 0.3) is 0 Å².